The molecule has 0 bridgehead atoms. The van der Waals surface area contributed by atoms with Crippen molar-refractivity contribution in [1.29, 1.82) is 0 Å². The molecule has 1 aliphatic rings. The van der Waals surface area contributed by atoms with Gasteiger partial charge in [0.15, 0.2) is 0 Å². The van der Waals surface area contributed by atoms with E-state index in [-0.39, 0.29) is 11.7 Å². The van der Waals surface area contributed by atoms with E-state index in [0.717, 1.165) is 22.5 Å². The molecule has 0 radical (unpaired) electrons. The van der Waals surface area contributed by atoms with Crippen molar-refractivity contribution in [1.82, 2.24) is 14.5 Å². The van der Waals surface area contributed by atoms with E-state index in [0.29, 0.717) is 6.61 Å². The normalized spacial score (nSPS) is 17.4. The van der Waals surface area contributed by atoms with Crippen LogP contribution in [0, 0.1) is 0 Å². The van der Waals surface area contributed by atoms with Crippen LogP contribution < -0.4 is 10.4 Å². The van der Waals surface area contributed by atoms with Crippen molar-refractivity contribution in [2.75, 3.05) is 6.61 Å². The monoisotopic (exact) mass is 253 g/mol. The summed E-state index contributed by atoms with van der Waals surface area (Å²) in [5.41, 5.74) is 2.32. The van der Waals surface area contributed by atoms with Gasteiger partial charge in [0.05, 0.1) is 11.2 Å². The fourth-order valence-corrected chi connectivity index (χ4v) is 2.60. The molecule has 5 heteroatoms. The van der Waals surface area contributed by atoms with Crippen molar-refractivity contribution in [3.8, 4) is 5.75 Å². The Balaban J connectivity index is 2.02. The number of aromatic amines is 1. The molecule has 1 atom stereocenters. The predicted molar refractivity (Wildman–Crippen MR) is 70.4 cm³/mol. The minimum absolute atomic E-state index is 0.124. The Morgan fingerprint density at radius 2 is 2.21 bits per heavy atom. The van der Waals surface area contributed by atoms with Crippen LogP contribution in [0.3, 0.4) is 0 Å². The van der Waals surface area contributed by atoms with E-state index in [1.807, 2.05) is 36.4 Å². The number of para-hydroxylation sites is 1. The molecule has 19 heavy (non-hydrogen) atoms. The number of nitrogens with one attached hydrogen (secondary N) is 1. The summed E-state index contributed by atoms with van der Waals surface area (Å²) >= 11 is 0. The van der Waals surface area contributed by atoms with Gasteiger partial charge in [-0.2, -0.15) is 0 Å². The van der Waals surface area contributed by atoms with Gasteiger partial charge in [-0.15, -0.1) is 0 Å². The zero-order valence-electron chi connectivity index (χ0n) is 10.0. The summed E-state index contributed by atoms with van der Waals surface area (Å²) < 4.78 is 7.49. The first-order chi connectivity index (χ1) is 9.34. The van der Waals surface area contributed by atoms with E-state index in [9.17, 15) is 4.79 Å². The molecule has 3 aromatic rings. The van der Waals surface area contributed by atoms with Crippen LogP contribution in [-0.4, -0.2) is 21.1 Å². The fourth-order valence-electron chi connectivity index (χ4n) is 2.60. The van der Waals surface area contributed by atoms with Crippen molar-refractivity contribution in [3.05, 3.63) is 58.8 Å². The summed E-state index contributed by atoms with van der Waals surface area (Å²) in [4.78, 5) is 19.4. The highest BCUT2D eigenvalue weighted by molar-refractivity contribution is 5.82. The first-order valence-electron chi connectivity index (χ1n) is 6.11. The maximum atomic E-state index is 12.2. The zero-order valence-corrected chi connectivity index (χ0v) is 10.0. The lowest BCUT2D eigenvalue weighted by molar-refractivity contribution is 0.254. The van der Waals surface area contributed by atoms with E-state index in [2.05, 4.69) is 9.97 Å². The molecule has 1 aromatic carbocycles. The summed E-state index contributed by atoms with van der Waals surface area (Å²) in [5.74, 6) is 0.739. The Bertz CT molecular complexity index is 804. The van der Waals surface area contributed by atoms with Crippen LogP contribution in [0.15, 0.2) is 47.4 Å². The molecule has 0 fully saturated rings. The Morgan fingerprint density at radius 1 is 1.26 bits per heavy atom. The molecule has 1 N–H and O–H groups in total. The lowest BCUT2D eigenvalue weighted by atomic mass is 10.1. The molecule has 1 aliphatic heterocycles. The third-order valence-electron chi connectivity index (χ3n) is 3.44. The number of rotatable bonds is 1. The van der Waals surface area contributed by atoms with Gasteiger partial charge in [-0.3, -0.25) is 9.55 Å². The Morgan fingerprint density at radius 3 is 3.05 bits per heavy atom. The number of aromatic nitrogens is 3. The Kier molecular flexibility index (Phi) is 2.03. The quantitative estimate of drug-likeness (QED) is 0.718. The van der Waals surface area contributed by atoms with Gasteiger partial charge in [0.1, 0.15) is 23.9 Å². The molecule has 0 saturated heterocycles. The maximum Gasteiger partial charge on any atom is 0.327 e. The minimum Gasteiger partial charge on any atom is -0.489 e. The number of H-pyrrole nitrogens is 1. The fraction of sp³-hybridized carbons (Fsp3) is 0.143. The summed E-state index contributed by atoms with van der Waals surface area (Å²) in [6, 6.07) is 11.1. The number of hydrogen-bond acceptors (Lipinski definition) is 3. The van der Waals surface area contributed by atoms with Gasteiger partial charge >= 0.3 is 5.69 Å². The molecule has 1 unspecified atom stereocenters. The van der Waals surface area contributed by atoms with Gasteiger partial charge in [0, 0.05) is 6.20 Å². The van der Waals surface area contributed by atoms with Crippen LogP contribution in [0.25, 0.3) is 11.0 Å². The van der Waals surface area contributed by atoms with Crippen LogP contribution >= 0.6 is 0 Å². The maximum absolute atomic E-state index is 12.2. The van der Waals surface area contributed by atoms with Crippen LogP contribution in [-0.2, 0) is 0 Å². The summed E-state index contributed by atoms with van der Waals surface area (Å²) in [5, 5.41) is 0. The van der Waals surface area contributed by atoms with Gasteiger partial charge < -0.3 is 9.72 Å². The SMILES string of the molecule is O=c1[nH]c2cccc3c2n1C(c1ccccn1)CO3. The second-order valence-electron chi connectivity index (χ2n) is 4.53. The third kappa shape index (κ3) is 1.41. The van der Waals surface area contributed by atoms with Crippen molar-refractivity contribution >= 4 is 11.0 Å². The second kappa shape index (κ2) is 3.71. The van der Waals surface area contributed by atoms with Gasteiger partial charge in [0.25, 0.3) is 0 Å². The van der Waals surface area contributed by atoms with Crippen molar-refractivity contribution < 1.29 is 4.74 Å². The van der Waals surface area contributed by atoms with Gasteiger partial charge in [0.2, 0.25) is 0 Å². The molecule has 0 aliphatic carbocycles. The molecule has 2 aromatic heterocycles. The molecular weight excluding hydrogens is 242 g/mol. The van der Waals surface area contributed by atoms with E-state index >= 15 is 0 Å². The summed E-state index contributed by atoms with van der Waals surface area (Å²) in [6.07, 6.45) is 1.73. The van der Waals surface area contributed by atoms with Crippen molar-refractivity contribution in [2.24, 2.45) is 0 Å². The standard InChI is InChI=1S/C14H11N3O2/c18-14-16-10-5-3-6-12-13(10)17(14)11(8-19-12)9-4-1-2-7-15-9/h1-7,11H,8H2,(H,16,18). The van der Waals surface area contributed by atoms with Gasteiger partial charge in [-0.05, 0) is 24.3 Å². The second-order valence-corrected chi connectivity index (χ2v) is 4.53. The van der Waals surface area contributed by atoms with Crippen LogP contribution in [0.4, 0.5) is 0 Å². The van der Waals surface area contributed by atoms with Gasteiger partial charge in [-0.25, -0.2) is 4.79 Å². The molecule has 0 spiro atoms. The van der Waals surface area contributed by atoms with E-state index in [1.165, 1.54) is 0 Å². The smallest absolute Gasteiger partial charge is 0.327 e. The third-order valence-corrected chi connectivity index (χ3v) is 3.44. The Labute approximate surface area is 108 Å². The lowest BCUT2D eigenvalue weighted by Crippen LogP contribution is -2.30. The molecule has 5 nitrogen and oxygen atoms in total. The molecule has 94 valence electrons. The lowest BCUT2D eigenvalue weighted by Gasteiger charge is -2.24. The molecule has 0 saturated carbocycles. The Hall–Kier alpha value is -2.56. The zero-order chi connectivity index (χ0) is 12.8. The number of nitrogens with zero attached hydrogens (tertiary/aromatic N) is 2. The summed E-state index contributed by atoms with van der Waals surface area (Å²) in [6.45, 7) is 0.418. The highest BCUT2D eigenvalue weighted by Crippen LogP contribution is 2.32. The van der Waals surface area contributed by atoms with Crippen molar-refractivity contribution in [2.45, 2.75) is 6.04 Å². The first-order valence-corrected chi connectivity index (χ1v) is 6.11. The molecule has 4 rings (SSSR count). The highest BCUT2D eigenvalue weighted by Gasteiger charge is 2.27. The summed E-state index contributed by atoms with van der Waals surface area (Å²) in [7, 11) is 0. The number of imidazole rings is 1. The molecule has 0 amide bonds. The molecule has 3 heterocycles. The molecular formula is C14H11N3O2. The number of ether oxygens (including phenoxy) is 1. The average Bonchev–Trinajstić information content (AvgIpc) is 2.80. The highest BCUT2D eigenvalue weighted by atomic mass is 16.5. The minimum atomic E-state index is -0.183. The van der Waals surface area contributed by atoms with E-state index in [4.69, 9.17) is 4.74 Å². The van der Waals surface area contributed by atoms with Crippen molar-refractivity contribution in [3.63, 3.8) is 0 Å². The predicted octanol–water partition coefficient (Wildman–Crippen LogP) is 1.71. The first kappa shape index (κ1) is 10.4. The van der Waals surface area contributed by atoms with Gasteiger partial charge in [-0.1, -0.05) is 12.1 Å². The van der Waals surface area contributed by atoms with E-state index in [1.54, 1.807) is 10.8 Å². The van der Waals surface area contributed by atoms with Crippen LogP contribution in [0.1, 0.15) is 11.7 Å². The topological polar surface area (TPSA) is 59.9 Å². The van der Waals surface area contributed by atoms with Crippen LogP contribution in [0.5, 0.6) is 5.75 Å². The van der Waals surface area contributed by atoms with E-state index < -0.39 is 0 Å². The number of benzene rings is 1. The number of hydrogen-bond donors (Lipinski definition) is 1. The average molecular weight is 253 g/mol. The largest absolute Gasteiger partial charge is 0.489 e. The van der Waals surface area contributed by atoms with Crippen LogP contribution in [0.2, 0.25) is 0 Å². The number of pyridine rings is 1.